The first-order valence-electron chi connectivity index (χ1n) is 6.87. The largest absolute Gasteiger partial charge is 0.496 e. The maximum atomic E-state index is 5.42. The van der Waals surface area contributed by atoms with Crippen LogP contribution < -0.4 is 14.8 Å². The van der Waals surface area contributed by atoms with Crippen molar-refractivity contribution in [3.63, 3.8) is 0 Å². The Kier molecular flexibility index (Phi) is 5.58. The standard InChI is InChI=1S/C17H19NO2S/c1-3-20-15-10-8-13(9-11-15)17(21)18-12-14-6-4-5-7-16(14)19-2/h4-11H,3,12H2,1-2H3,(H,18,21). The highest BCUT2D eigenvalue weighted by molar-refractivity contribution is 7.80. The summed E-state index contributed by atoms with van der Waals surface area (Å²) in [6.07, 6.45) is 0. The van der Waals surface area contributed by atoms with Gasteiger partial charge in [-0.15, -0.1) is 0 Å². The molecule has 0 aliphatic rings. The van der Waals surface area contributed by atoms with Crippen molar-refractivity contribution < 1.29 is 9.47 Å². The molecule has 0 saturated heterocycles. The second-order valence-electron chi connectivity index (χ2n) is 4.45. The summed E-state index contributed by atoms with van der Waals surface area (Å²) >= 11 is 5.41. The lowest BCUT2D eigenvalue weighted by Gasteiger charge is -2.11. The Hall–Kier alpha value is -2.07. The summed E-state index contributed by atoms with van der Waals surface area (Å²) in [5.74, 6) is 1.72. The van der Waals surface area contributed by atoms with Gasteiger partial charge in [-0.1, -0.05) is 30.4 Å². The zero-order chi connectivity index (χ0) is 15.1. The first kappa shape index (κ1) is 15.3. The quantitative estimate of drug-likeness (QED) is 0.827. The molecule has 0 saturated carbocycles. The van der Waals surface area contributed by atoms with Gasteiger partial charge in [0.25, 0.3) is 0 Å². The van der Waals surface area contributed by atoms with Crippen molar-refractivity contribution in [2.24, 2.45) is 0 Å². The van der Waals surface area contributed by atoms with E-state index in [1.807, 2.05) is 55.5 Å². The molecule has 2 aromatic carbocycles. The zero-order valence-electron chi connectivity index (χ0n) is 12.3. The molecule has 0 atom stereocenters. The second kappa shape index (κ2) is 7.64. The highest BCUT2D eigenvalue weighted by Crippen LogP contribution is 2.17. The Morgan fingerprint density at radius 3 is 2.48 bits per heavy atom. The molecule has 2 rings (SSSR count). The van der Waals surface area contributed by atoms with Crippen molar-refractivity contribution in [3.8, 4) is 11.5 Å². The highest BCUT2D eigenvalue weighted by Gasteiger charge is 2.04. The van der Waals surface area contributed by atoms with Crippen molar-refractivity contribution >= 4 is 17.2 Å². The Morgan fingerprint density at radius 1 is 1.10 bits per heavy atom. The number of nitrogens with one attached hydrogen (secondary N) is 1. The number of hydrogen-bond donors (Lipinski definition) is 1. The SMILES string of the molecule is CCOc1ccc(C(=S)NCc2ccccc2OC)cc1. The van der Waals surface area contributed by atoms with Crippen molar-refractivity contribution in [2.45, 2.75) is 13.5 Å². The molecule has 0 amide bonds. The van der Waals surface area contributed by atoms with E-state index in [1.165, 1.54) is 0 Å². The van der Waals surface area contributed by atoms with Crippen molar-refractivity contribution in [2.75, 3.05) is 13.7 Å². The molecule has 0 unspecified atom stereocenters. The molecule has 0 heterocycles. The Morgan fingerprint density at radius 2 is 1.81 bits per heavy atom. The summed E-state index contributed by atoms with van der Waals surface area (Å²) in [7, 11) is 1.67. The molecule has 0 radical (unpaired) electrons. The predicted molar refractivity (Wildman–Crippen MR) is 89.1 cm³/mol. The molecule has 2 aromatic rings. The summed E-state index contributed by atoms with van der Waals surface area (Å²) in [4.78, 5) is 0.712. The Balaban J connectivity index is 1.98. The number of benzene rings is 2. The van der Waals surface area contributed by atoms with Gasteiger partial charge in [-0.05, 0) is 37.3 Å². The normalized spacial score (nSPS) is 10.0. The monoisotopic (exact) mass is 301 g/mol. The average Bonchev–Trinajstić information content (AvgIpc) is 2.54. The third-order valence-electron chi connectivity index (χ3n) is 3.06. The topological polar surface area (TPSA) is 30.5 Å². The smallest absolute Gasteiger partial charge is 0.123 e. The van der Waals surface area contributed by atoms with Gasteiger partial charge in [0.2, 0.25) is 0 Å². The molecule has 1 N–H and O–H groups in total. The number of rotatable bonds is 6. The van der Waals surface area contributed by atoms with E-state index in [4.69, 9.17) is 21.7 Å². The van der Waals surface area contributed by atoms with E-state index in [-0.39, 0.29) is 0 Å². The lowest BCUT2D eigenvalue weighted by atomic mass is 10.2. The van der Waals surface area contributed by atoms with E-state index < -0.39 is 0 Å². The minimum atomic E-state index is 0.635. The van der Waals surface area contributed by atoms with Crippen LogP contribution >= 0.6 is 12.2 Å². The van der Waals surface area contributed by atoms with Crippen LogP contribution in [0.25, 0.3) is 0 Å². The molecule has 110 valence electrons. The summed E-state index contributed by atoms with van der Waals surface area (Å²) < 4.78 is 10.7. The zero-order valence-corrected chi connectivity index (χ0v) is 13.1. The maximum Gasteiger partial charge on any atom is 0.123 e. The average molecular weight is 301 g/mol. The van der Waals surface area contributed by atoms with Gasteiger partial charge in [0.15, 0.2) is 0 Å². The molecule has 0 bridgehead atoms. The van der Waals surface area contributed by atoms with E-state index in [2.05, 4.69) is 5.32 Å². The molecule has 0 aliphatic heterocycles. The van der Waals surface area contributed by atoms with E-state index in [0.29, 0.717) is 18.1 Å². The Labute approximate surface area is 130 Å². The minimum Gasteiger partial charge on any atom is -0.496 e. The van der Waals surface area contributed by atoms with E-state index in [9.17, 15) is 0 Å². The van der Waals surface area contributed by atoms with Crippen LogP contribution in [0.1, 0.15) is 18.1 Å². The molecule has 4 heteroatoms. The van der Waals surface area contributed by atoms with Crippen LogP contribution in [-0.2, 0) is 6.54 Å². The highest BCUT2D eigenvalue weighted by atomic mass is 32.1. The van der Waals surface area contributed by atoms with Gasteiger partial charge in [-0.2, -0.15) is 0 Å². The summed E-state index contributed by atoms with van der Waals surface area (Å²) in [6.45, 7) is 3.26. The van der Waals surface area contributed by atoms with Gasteiger partial charge >= 0.3 is 0 Å². The van der Waals surface area contributed by atoms with Crippen molar-refractivity contribution in [3.05, 3.63) is 59.7 Å². The van der Waals surface area contributed by atoms with Gasteiger partial charge in [-0.3, -0.25) is 0 Å². The number of thiocarbonyl (C=S) groups is 1. The van der Waals surface area contributed by atoms with Gasteiger partial charge in [0.05, 0.1) is 13.7 Å². The Bertz CT molecular complexity index is 596. The third-order valence-corrected chi connectivity index (χ3v) is 3.44. The van der Waals surface area contributed by atoms with Crippen LogP contribution in [-0.4, -0.2) is 18.7 Å². The maximum absolute atomic E-state index is 5.42. The minimum absolute atomic E-state index is 0.635. The number of para-hydroxylation sites is 1. The van der Waals surface area contributed by atoms with Gasteiger partial charge < -0.3 is 14.8 Å². The summed E-state index contributed by atoms with van der Waals surface area (Å²) in [5.41, 5.74) is 2.05. The molecular formula is C17H19NO2S. The number of methoxy groups -OCH3 is 1. The van der Waals surface area contributed by atoms with E-state index >= 15 is 0 Å². The fourth-order valence-electron chi connectivity index (χ4n) is 2.00. The molecule has 0 aromatic heterocycles. The van der Waals surface area contributed by atoms with Crippen LogP contribution in [0.3, 0.4) is 0 Å². The van der Waals surface area contributed by atoms with E-state index in [0.717, 1.165) is 22.6 Å². The van der Waals surface area contributed by atoms with Crippen LogP contribution in [0.15, 0.2) is 48.5 Å². The van der Waals surface area contributed by atoms with Gasteiger partial charge in [-0.25, -0.2) is 0 Å². The van der Waals surface area contributed by atoms with Crippen molar-refractivity contribution in [1.82, 2.24) is 5.32 Å². The molecule has 0 fully saturated rings. The van der Waals surface area contributed by atoms with Gasteiger partial charge in [0.1, 0.15) is 16.5 Å². The number of hydrogen-bond acceptors (Lipinski definition) is 3. The van der Waals surface area contributed by atoms with Crippen molar-refractivity contribution in [1.29, 1.82) is 0 Å². The van der Waals surface area contributed by atoms with Gasteiger partial charge in [0, 0.05) is 17.7 Å². The third kappa shape index (κ3) is 4.20. The van der Waals surface area contributed by atoms with Crippen LogP contribution in [0.2, 0.25) is 0 Å². The summed E-state index contributed by atoms with van der Waals surface area (Å²) in [6, 6.07) is 15.7. The molecule has 21 heavy (non-hydrogen) atoms. The lowest BCUT2D eigenvalue weighted by Crippen LogP contribution is -2.21. The molecule has 0 aliphatic carbocycles. The molecular weight excluding hydrogens is 282 g/mol. The van der Waals surface area contributed by atoms with E-state index in [1.54, 1.807) is 7.11 Å². The fraction of sp³-hybridized carbons (Fsp3) is 0.235. The molecule has 0 spiro atoms. The van der Waals surface area contributed by atoms with Crippen LogP contribution in [0, 0.1) is 0 Å². The predicted octanol–water partition coefficient (Wildman–Crippen LogP) is 3.56. The second-order valence-corrected chi connectivity index (χ2v) is 4.86. The van der Waals surface area contributed by atoms with Crippen LogP contribution in [0.5, 0.6) is 11.5 Å². The first-order chi connectivity index (χ1) is 10.2. The number of ether oxygens (including phenoxy) is 2. The van der Waals surface area contributed by atoms with Crippen LogP contribution in [0.4, 0.5) is 0 Å². The fourth-order valence-corrected chi connectivity index (χ4v) is 2.20. The first-order valence-corrected chi connectivity index (χ1v) is 7.28. The lowest BCUT2D eigenvalue weighted by molar-refractivity contribution is 0.340. The molecule has 3 nitrogen and oxygen atoms in total. The summed E-state index contributed by atoms with van der Waals surface area (Å²) in [5, 5.41) is 3.25.